The average Bonchev–Trinajstić information content (AvgIpc) is 2.44. The number of aliphatic hydroxyl groups excluding tert-OH is 2. The third kappa shape index (κ3) is 0.969. The minimum atomic E-state index is -0.913. The van der Waals surface area contributed by atoms with Gasteiger partial charge in [-0.25, -0.2) is 0 Å². The van der Waals surface area contributed by atoms with Crippen LogP contribution in [0.4, 0.5) is 0 Å². The molecule has 5 heteroatoms. The monoisotopic (exact) mass is 161 g/mol. The maximum Gasteiger partial charge on any atom is 0.185 e. The van der Waals surface area contributed by atoms with Gasteiger partial charge in [0.2, 0.25) is 0 Å². The molecule has 0 aromatic rings. The van der Waals surface area contributed by atoms with E-state index in [4.69, 9.17) is 15.2 Å². The highest BCUT2D eigenvalue weighted by molar-refractivity contribution is 4.95. The van der Waals surface area contributed by atoms with Gasteiger partial charge < -0.3 is 25.4 Å². The van der Waals surface area contributed by atoms with Crippen LogP contribution < -0.4 is 5.73 Å². The lowest BCUT2D eigenvalue weighted by Crippen LogP contribution is -2.58. The van der Waals surface area contributed by atoms with Crippen LogP contribution in [0.3, 0.4) is 0 Å². The minimum Gasteiger partial charge on any atom is -0.389 e. The Labute approximate surface area is 63.7 Å². The number of ether oxygens (including phenoxy) is 2. The minimum absolute atomic E-state index is 0.316. The van der Waals surface area contributed by atoms with Crippen molar-refractivity contribution in [2.45, 2.75) is 30.6 Å². The van der Waals surface area contributed by atoms with Gasteiger partial charge >= 0.3 is 0 Å². The first kappa shape index (κ1) is 7.45. The van der Waals surface area contributed by atoms with E-state index < -0.39 is 24.5 Å². The van der Waals surface area contributed by atoms with Crippen molar-refractivity contribution < 1.29 is 19.7 Å². The summed E-state index contributed by atoms with van der Waals surface area (Å²) in [5.74, 6) is 0. The first-order valence-electron chi connectivity index (χ1n) is 3.59. The highest BCUT2D eigenvalue weighted by Gasteiger charge is 2.47. The highest BCUT2D eigenvalue weighted by atomic mass is 16.7. The van der Waals surface area contributed by atoms with Crippen LogP contribution in [-0.2, 0) is 9.47 Å². The molecule has 2 heterocycles. The second-order valence-corrected chi connectivity index (χ2v) is 2.93. The van der Waals surface area contributed by atoms with E-state index in [0.717, 1.165) is 0 Å². The van der Waals surface area contributed by atoms with Gasteiger partial charge in [-0.1, -0.05) is 0 Å². The quantitative estimate of drug-likeness (QED) is 0.375. The Kier molecular flexibility index (Phi) is 1.62. The molecule has 2 fully saturated rings. The van der Waals surface area contributed by atoms with Gasteiger partial charge in [0.1, 0.15) is 18.3 Å². The summed E-state index contributed by atoms with van der Waals surface area (Å²) in [7, 11) is 0. The van der Waals surface area contributed by atoms with E-state index in [1.54, 1.807) is 0 Å². The predicted octanol–water partition coefficient (Wildman–Crippen LogP) is -2.21. The van der Waals surface area contributed by atoms with Crippen LogP contribution in [0.1, 0.15) is 0 Å². The van der Waals surface area contributed by atoms with E-state index in [9.17, 15) is 10.2 Å². The fourth-order valence-corrected chi connectivity index (χ4v) is 1.43. The topological polar surface area (TPSA) is 84.9 Å². The molecule has 4 N–H and O–H groups in total. The number of aliphatic hydroxyl groups is 2. The van der Waals surface area contributed by atoms with Crippen molar-refractivity contribution in [1.82, 2.24) is 0 Å². The van der Waals surface area contributed by atoms with Crippen LogP contribution in [0.15, 0.2) is 0 Å². The van der Waals surface area contributed by atoms with Crippen molar-refractivity contribution in [3.63, 3.8) is 0 Å². The van der Waals surface area contributed by atoms with Crippen LogP contribution in [0.2, 0.25) is 0 Å². The Morgan fingerprint density at radius 1 is 1.27 bits per heavy atom. The molecular formula is C6H11NO4. The van der Waals surface area contributed by atoms with E-state index in [-0.39, 0.29) is 6.10 Å². The van der Waals surface area contributed by atoms with Crippen molar-refractivity contribution in [1.29, 1.82) is 0 Å². The van der Waals surface area contributed by atoms with Gasteiger partial charge in [0.05, 0.1) is 12.6 Å². The lowest BCUT2D eigenvalue weighted by atomic mass is 9.99. The van der Waals surface area contributed by atoms with Crippen molar-refractivity contribution in [2.75, 3.05) is 6.61 Å². The summed E-state index contributed by atoms with van der Waals surface area (Å²) in [5, 5.41) is 18.6. The molecule has 2 saturated heterocycles. The molecule has 5 unspecified atom stereocenters. The van der Waals surface area contributed by atoms with Crippen LogP contribution in [0.25, 0.3) is 0 Å². The fourth-order valence-electron chi connectivity index (χ4n) is 1.43. The van der Waals surface area contributed by atoms with Gasteiger partial charge in [0.25, 0.3) is 0 Å². The molecule has 2 bridgehead atoms. The molecule has 0 saturated carbocycles. The number of fused-ring (bicyclic) bond motifs is 2. The maximum absolute atomic E-state index is 9.34. The third-order valence-corrected chi connectivity index (χ3v) is 2.18. The number of rotatable bonds is 0. The molecule has 0 amide bonds. The fraction of sp³-hybridized carbons (Fsp3) is 1.00. The Bertz CT molecular complexity index is 145. The summed E-state index contributed by atoms with van der Waals surface area (Å²) >= 11 is 0. The zero-order valence-corrected chi connectivity index (χ0v) is 5.88. The summed E-state index contributed by atoms with van der Waals surface area (Å²) < 4.78 is 10.1. The average molecular weight is 161 g/mol. The van der Waals surface area contributed by atoms with E-state index in [1.807, 2.05) is 0 Å². The Morgan fingerprint density at radius 3 is 2.73 bits per heavy atom. The van der Waals surface area contributed by atoms with Crippen LogP contribution in [0.5, 0.6) is 0 Å². The first-order valence-corrected chi connectivity index (χ1v) is 3.59. The standard InChI is InChI=1S/C6H11NO4/c7-3-4(8)2-1-10-6(11-2)5(3)9/h2-6,8-9H,1,7H2. The molecule has 0 radical (unpaired) electrons. The normalized spacial score (nSPS) is 56.5. The molecule has 64 valence electrons. The molecule has 2 aliphatic rings. The number of nitrogens with two attached hydrogens (primary N) is 1. The molecular weight excluding hydrogens is 150 g/mol. The van der Waals surface area contributed by atoms with Crippen molar-refractivity contribution in [3.8, 4) is 0 Å². The van der Waals surface area contributed by atoms with Gasteiger partial charge in [-0.15, -0.1) is 0 Å². The molecule has 5 atom stereocenters. The molecule has 0 aliphatic carbocycles. The van der Waals surface area contributed by atoms with E-state index in [2.05, 4.69) is 0 Å². The first-order chi connectivity index (χ1) is 5.20. The lowest BCUT2D eigenvalue weighted by molar-refractivity contribution is -0.189. The predicted molar refractivity (Wildman–Crippen MR) is 34.6 cm³/mol. The Morgan fingerprint density at radius 2 is 2.00 bits per heavy atom. The maximum atomic E-state index is 9.34. The molecule has 2 aliphatic heterocycles. The molecule has 0 spiro atoms. The smallest absolute Gasteiger partial charge is 0.185 e. The third-order valence-electron chi connectivity index (χ3n) is 2.18. The second kappa shape index (κ2) is 2.40. The lowest BCUT2D eigenvalue weighted by Gasteiger charge is -2.33. The van der Waals surface area contributed by atoms with Crippen molar-refractivity contribution in [3.05, 3.63) is 0 Å². The largest absolute Gasteiger partial charge is 0.389 e. The van der Waals surface area contributed by atoms with Crippen LogP contribution in [-0.4, -0.2) is 47.5 Å². The molecule has 0 aromatic heterocycles. The zero-order chi connectivity index (χ0) is 8.01. The molecule has 0 aromatic carbocycles. The summed E-state index contributed by atoms with van der Waals surface area (Å²) in [5.41, 5.74) is 5.48. The zero-order valence-electron chi connectivity index (χ0n) is 5.88. The SMILES string of the molecule is NC1C(O)C2COC(O2)C1O. The molecule has 5 nitrogen and oxygen atoms in total. The van der Waals surface area contributed by atoms with E-state index in [0.29, 0.717) is 6.61 Å². The number of hydrogen-bond acceptors (Lipinski definition) is 5. The summed E-state index contributed by atoms with van der Waals surface area (Å²) in [6, 6.07) is -0.652. The van der Waals surface area contributed by atoms with E-state index in [1.165, 1.54) is 0 Å². The number of hydrogen-bond donors (Lipinski definition) is 3. The Balaban J connectivity index is 2.16. The highest BCUT2D eigenvalue weighted by Crippen LogP contribution is 2.26. The second-order valence-electron chi connectivity index (χ2n) is 2.93. The van der Waals surface area contributed by atoms with Gasteiger partial charge in [0.15, 0.2) is 6.29 Å². The van der Waals surface area contributed by atoms with Gasteiger partial charge in [-0.3, -0.25) is 0 Å². The van der Waals surface area contributed by atoms with E-state index >= 15 is 0 Å². The summed E-state index contributed by atoms with van der Waals surface area (Å²) in [6.45, 7) is 0.316. The van der Waals surface area contributed by atoms with Crippen molar-refractivity contribution in [2.24, 2.45) is 5.73 Å². The van der Waals surface area contributed by atoms with Crippen LogP contribution >= 0.6 is 0 Å². The Hall–Kier alpha value is -0.200. The van der Waals surface area contributed by atoms with Crippen LogP contribution in [0, 0.1) is 0 Å². The molecule has 2 rings (SSSR count). The molecule has 11 heavy (non-hydrogen) atoms. The van der Waals surface area contributed by atoms with Gasteiger partial charge in [-0.05, 0) is 0 Å². The van der Waals surface area contributed by atoms with Crippen molar-refractivity contribution >= 4 is 0 Å². The van der Waals surface area contributed by atoms with Gasteiger partial charge in [0, 0.05) is 0 Å². The summed E-state index contributed by atoms with van der Waals surface area (Å²) in [4.78, 5) is 0. The summed E-state index contributed by atoms with van der Waals surface area (Å²) in [6.07, 6.45) is -2.73. The van der Waals surface area contributed by atoms with Gasteiger partial charge in [-0.2, -0.15) is 0 Å².